The van der Waals surface area contributed by atoms with Crippen LogP contribution in [0.3, 0.4) is 0 Å². The van der Waals surface area contributed by atoms with Gasteiger partial charge in [0, 0.05) is 34.7 Å². The molecule has 96 valence electrons. The number of halogens is 1. The molecule has 0 saturated carbocycles. The Labute approximate surface area is 115 Å². The van der Waals surface area contributed by atoms with E-state index in [0.717, 1.165) is 17.4 Å². The topological polar surface area (TPSA) is 46.3 Å². The van der Waals surface area contributed by atoms with Crippen molar-refractivity contribution >= 4 is 33.2 Å². The molecule has 0 spiro atoms. The number of amides is 1. The van der Waals surface area contributed by atoms with Crippen LogP contribution in [0, 0.1) is 5.92 Å². The van der Waals surface area contributed by atoms with Gasteiger partial charge in [-0.15, -0.1) is 11.3 Å². The maximum atomic E-state index is 11.8. The van der Waals surface area contributed by atoms with Crippen molar-refractivity contribution in [3.05, 3.63) is 20.8 Å². The lowest BCUT2D eigenvalue weighted by Gasteiger charge is -2.18. The first-order valence-corrected chi connectivity index (χ1v) is 7.37. The van der Waals surface area contributed by atoms with Gasteiger partial charge in [0.15, 0.2) is 0 Å². The van der Waals surface area contributed by atoms with Gasteiger partial charge in [-0.05, 0) is 40.9 Å². The Bertz CT molecular complexity index is 367. The van der Waals surface area contributed by atoms with Crippen LogP contribution in [-0.2, 0) is 11.2 Å². The summed E-state index contributed by atoms with van der Waals surface area (Å²) in [6, 6.07) is 2.10. The third-order valence-electron chi connectivity index (χ3n) is 2.67. The molecule has 0 aromatic carbocycles. The van der Waals surface area contributed by atoms with E-state index in [4.69, 9.17) is 5.73 Å². The van der Waals surface area contributed by atoms with Crippen molar-refractivity contribution in [2.75, 3.05) is 20.1 Å². The minimum Gasteiger partial charge on any atom is -0.345 e. The van der Waals surface area contributed by atoms with Crippen LogP contribution in [0.1, 0.15) is 18.2 Å². The van der Waals surface area contributed by atoms with E-state index in [1.54, 1.807) is 16.2 Å². The molecule has 1 aromatic heterocycles. The molecule has 2 N–H and O–H groups in total. The molecular formula is C12H19BrN2OS. The summed E-state index contributed by atoms with van der Waals surface area (Å²) in [4.78, 5) is 14.9. The van der Waals surface area contributed by atoms with Crippen LogP contribution in [0.25, 0.3) is 0 Å². The number of hydrogen-bond acceptors (Lipinski definition) is 3. The van der Waals surface area contributed by atoms with Gasteiger partial charge in [0.1, 0.15) is 0 Å². The van der Waals surface area contributed by atoms with Crippen molar-refractivity contribution in [2.24, 2.45) is 11.7 Å². The van der Waals surface area contributed by atoms with Gasteiger partial charge in [-0.1, -0.05) is 6.92 Å². The van der Waals surface area contributed by atoms with Gasteiger partial charge in [-0.3, -0.25) is 4.79 Å². The number of likely N-dealkylation sites (N-methyl/N-ethyl adjacent to an activating group) is 1. The standard InChI is InChI=1S/C12H19BrN2OS/c1-9(7-14)5-12(16)15(2)4-3-11-6-10(13)8-17-11/h6,8-9H,3-5,7,14H2,1-2H3. The van der Waals surface area contributed by atoms with Gasteiger partial charge >= 0.3 is 0 Å². The van der Waals surface area contributed by atoms with E-state index in [2.05, 4.69) is 27.4 Å². The predicted octanol–water partition coefficient (Wildman–Crippen LogP) is 2.50. The average Bonchev–Trinajstić information content (AvgIpc) is 2.71. The van der Waals surface area contributed by atoms with Crippen LogP contribution in [0.2, 0.25) is 0 Å². The second-order valence-electron chi connectivity index (χ2n) is 4.34. The lowest BCUT2D eigenvalue weighted by molar-refractivity contribution is -0.130. The third kappa shape index (κ3) is 5.19. The zero-order valence-corrected chi connectivity index (χ0v) is 12.7. The van der Waals surface area contributed by atoms with Crippen LogP contribution in [0.15, 0.2) is 15.9 Å². The molecule has 1 unspecified atom stereocenters. The predicted molar refractivity (Wildman–Crippen MR) is 76.2 cm³/mol. The van der Waals surface area contributed by atoms with Crippen molar-refractivity contribution in [1.29, 1.82) is 0 Å². The first-order chi connectivity index (χ1) is 8.02. The van der Waals surface area contributed by atoms with Gasteiger partial charge in [0.2, 0.25) is 5.91 Å². The SMILES string of the molecule is CC(CN)CC(=O)N(C)CCc1cc(Br)cs1. The van der Waals surface area contributed by atoms with Crippen molar-refractivity contribution in [3.63, 3.8) is 0 Å². The molecule has 17 heavy (non-hydrogen) atoms. The first-order valence-electron chi connectivity index (χ1n) is 5.70. The molecule has 3 nitrogen and oxygen atoms in total. The molecule has 1 heterocycles. The Balaban J connectivity index is 2.33. The molecule has 0 aliphatic rings. The maximum Gasteiger partial charge on any atom is 0.222 e. The van der Waals surface area contributed by atoms with Crippen molar-refractivity contribution in [3.8, 4) is 0 Å². The van der Waals surface area contributed by atoms with E-state index < -0.39 is 0 Å². The molecule has 5 heteroatoms. The Hall–Kier alpha value is -0.390. The lowest BCUT2D eigenvalue weighted by atomic mass is 10.1. The number of carbonyl (C=O) groups is 1. The molecule has 1 amide bonds. The summed E-state index contributed by atoms with van der Waals surface area (Å²) in [5, 5.41) is 2.06. The van der Waals surface area contributed by atoms with Gasteiger partial charge in [-0.25, -0.2) is 0 Å². The lowest BCUT2D eigenvalue weighted by Crippen LogP contribution is -2.31. The highest BCUT2D eigenvalue weighted by Gasteiger charge is 2.12. The Morgan fingerprint density at radius 3 is 2.88 bits per heavy atom. The molecule has 1 rings (SSSR count). The zero-order chi connectivity index (χ0) is 12.8. The Kier molecular flexibility index (Phi) is 6.16. The largest absolute Gasteiger partial charge is 0.345 e. The zero-order valence-electron chi connectivity index (χ0n) is 10.3. The summed E-state index contributed by atoms with van der Waals surface area (Å²) >= 11 is 5.14. The molecule has 0 aliphatic heterocycles. The van der Waals surface area contributed by atoms with Crippen LogP contribution in [-0.4, -0.2) is 30.9 Å². The minimum absolute atomic E-state index is 0.179. The molecule has 0 bridgehead atoms. The van der Waals surface area contributed by atoms with E-state index in [9.17, 15) is 4.79 Å². The summed E-state index contributed by atoms with van der Waals surface area (Å²) in [5.74, 6) is 0.444. The molecule has 0 aliphatic carbocycles. The van der Waals surface area contributed by atoms with E-state index in [1.165, 1.54) is 4.88 Å². The number of hydrogen-bond donors (Lipinski definition) is 1. The fraction of sp³-hybridized carbons (Fsp3) is 0.583. The third-order valence-corrected chi connectivity index (χ3v) is 4.42. The normalized spacial score (nSPS) is 12.5. The van der Waals surface area contributed by atoms with Crippen molar-refractivity contribution in [1.82, 2.24) is 4.90 Å². The fourth-order valence-electron chi connectivity index (χ4n) is 1.42. The van der Waals surface area contributed by atoms with Crippen molar-refractivity contribution < 1.29 is 4.79 Å². The van der Waals surface area contributed by atoms with Gasteiger partial charge in [0.05, 0.1) is 0 Å². The van der Waals surface area contributed by atoms with Crippen molar-refractivity contribution in [2.45, 2.75) is 19.8 Å². The molecular weight excluding hydrogens is 300 g/mol. The Morgan fingerprint density at radius 1 is 1.65 bits per heavy atom. The van der Waals surface area contributed by atoms with E-state index >= 15 is 0 Å². The average molecular weight is 319 g/mol. The fourth-order valence-corrected chi connectivity index (χ4v) is 2.87. The van der Waals surface area contributed by atoms with Crippen LogP contribution >= 0.6 is 27.3 Å². The second kappa shape index (κ2) is 7.13. The Morgan fingerprint density at radius 2 is 2.35 bits per heavy atom. The molecule has 0 fully saturated rings. The number of nitrogens with two attached hydrogens (primary N) is 1. The van der Waals surface area contributed by atoms with Crippen LogP contribution < -0.4 is 5.73 Å². The summed E-state index contributed by atoms with van der Waals surface area (Å²) in [6.45, 7) is 3.34. The number of thiophene rings is 1. The monoisotopic (exact) mass is 318 g/mol. The molecule has 0 radical (unpaired) electrons. The number of carbonyl (C=O) groups excluding carboxylic acids is 1. The minimum atomic E-state index is 0.179. The summed E-state index contributed by atoms with van der Waals surface area (Å²) < 4.78 is 1.11. The highest BCUT2D eigenvalue weighted by molar-refractivity contribution is 9.10. The van der Waals surface area contributed by atoms with Gasteiger partial charge in [-0.2, -0.15) is 0 Å². The molecule has 1 atom stereocenters. The first kappa shape index (κ1) is 14.7. The highest BCUT2D eigenvalue weighted by Crippen LogP contribution is 2.20. The number of rotatable bonds is 6. The van der Waals surface area contributed by atoms with Gasteiger partial charge < -0.3 is 10.6 Å². The van der Waals surface area contributed by atoms with Gasteiger partial charge in [0.25, 0.3) is 0 Å². The van der Waals surface area contributed by atoms with E-state index in [0.29, 0.717) is 13.0 Å². The quantitative estimate of drug-likeness (QED) is 0.876. The second-order valence-corrected chi connectivity index (χ2v) is 6.25. The van der Waals surface area contributed by atoms with E-state index in [1.807, 2.05) is 14.0 Å². The highest BCUT2D eigenvalue weighted by atomic mass is 79.9. The van der Waals surface area contributed by atoms with E-state index in [-0.39, 0.29) is 11.8 Å². The smallest absolute Gasteiger partial charge is 0.222 e. The molecule has 1 aromatic rings. The summed E-state index contributed by atoms with van der Waals surface area (Å²) in [6.07, 6.45) is 1.46. The summed E-state index contributed by atoms with van der Waals surface area (Å²) in [7, 11) is 1.86. The molecule has 0 saturated heterocycles. The summed E-state index contributed by atoms with van der Waals surface area (Å²) in [5.41, 5.74) is 5.51. The maximum absolute atomic E-state index is 11.8. The number of nitrogens with zero attached hydrogens (tertiary/aromatic N) is 1. The van der Waals surface area contributed by atoms with Crippen LogP contribution in [0.5, 0.6) is 0 Å². The van der Waals surface area contributed by atoms with Crippen LogP contribution in [0.4, 0.5) is 0 Å².